The Kier molecular flexibility index (Phi) is 4.00. The van der Waals surface area contributed by atoms with E-state index in [0.29, 0.717) is 11.3 Å². The minimum Gasteiger partial charge on any atom is -0.366 e. The fourth-order valence-electron chi connectivity index (χ4n) is 1.64. The molecule has 0 aliphatic carbocycles. The highest BCUT2D eigenvalue weighted by molar-refractivity contribution is 6.33. The Morgan fingerprint density at radius 3 is 2.65 bits per heavy atom. The number of amides is 2. The number of aromatic nitrogens is 1. The smallest absolute Gasteiger partial charge is 0.258 e. The summed E-state index contributed by atoms with van der Waals surface area (Å²) in [6, 6.07) is 9.64. The molecule has 5 nitrogen and oxygen atoms in total. The summed E-state index contributed by atoms with van der Waals surface area (Å²) in [6.45, 7) is 1.78. The minimum atomic E-state index is -0.559. The van der Waals surface area contributed by atoms with Gasteiger partial charge in [-0.15, -0.1) is 0 Å². The van der Waals surface area contributed by atoms with Crippen LogP contribution in [0, 0.1) is 6.92 Å². The van der Waals surface area contributed by atoms with Gasteiger partial charge in [-0.05, 0) is 37.3 Å². The van der Waals surface area contributed by atoms with Gasteiger partial charge in [-0.2, -0.15) is 0 Å². The Morgan fingerprint density at radius 2 is 2.00 bits per heavy atom. The second-order valence-electron chi connectivity index (χ2n) is 4.19. The zero-order chi connectivity index (χ0) is 14.7. The fourth-order valence-corrected chi connectivity index (χ4v) is 1.93. The Bertz CT molecular complexity index is 686. The van der Waals surface area contributed by atoms with Crippen LogP contribution in [0.3, 0.4) is 0 Å². The fraction of sp³-hybridized carbons (Fsp3) is 0.0714. The van der Waals surface area contributed by atoms with Crippen molar-refractivity contribution in [3.05, 3.63) is 58.4 Å². The van der Waals surface area contributed by atoms with Crippen molar-refractivity contribution < 1.29 is 9.59 Å². The third-order valence-corrected chi connectivity index (χ3v) is 2.93. The molecule has 0 atom stereocenters. The number of nitrogens with zero attached hydrogens (tertiary/aromatic N) is 1. The zero-order valence-electron chi connectivity index (χ0n) is 10.7. The summed E-state index contributed by atoms with van der Waals surface area (Å²) in [7, 11) is 0. The lowest BCUT2D eigenvalue weighted by Crippen LogP contribution is -2.15. The van der Waals surface area contributed by atoms with E-state index in [0.717, 1.165) is 5.69 Å². The van der Waals surface area contributed by atoms with E-state index in [1.165, 1.54) is 6.07 Å². The van der Waals surface area contributed by atoms with Crippen LogP contribution in [0.5, 0.6) is 0 Å². The molecule has 0 fully saturated rings. The number of rotatable bonds is 3. The number of anilines is 1. The predicted molar refractivity (Wildman–Crippen MR) is 76.9 cm³/mol. The predicted octanol–water partition coefficient (Wildman–Crippen LogP) is 2.39. The molecule has 20 heavy (non-hydrogen) atoms. The Balaban J connectivity index is 2.23. The van der Waals surface area contributed by atoms with Crippen molar-refractivity contribution in [2.45, 2.75) is 6.92 Å². The summed E-state index contributed by atoms with van der Waals surface area (Å²) in [6.07, 6.45) is 0. The standard InChI is InChI=1S/C14H12ClN3O2/c1-8-5-6-11(12(15)17-8)14(20)18-10-4-2-3-9(7-10)13(16)19/h2-7H,1H3,(H2,16,19)(H,18,20). The molecule has 3 N–H and O–H groups in total. The van der Waals surface area contributed by atoms with Gasteiger partial charge in [-0.3, -0.25) is 9.59 Å². The lowest BCUT2D eigenvalue weighted by Gasteiger charge is -2.07. The monoisotopic (exact) mass is 289 g/mol. The van der Waals surface area contributed by atoms with Gasteiger partial charge in [0.25, 0.3) is 5.91 Å². The molecule has 0 saturated carbocycles. The SMILES string of the molecule is Cc1ccc(C(=O)Nc2cccc(C(N)=O)c2)c(Cl)n1. The second-order valence-corrected chi connectivity index (χ2v) is 4.55. The highest BCUT2D eigenvalue weighted by Crippen LogP contribution is 2.17. The molecule has 0 radical (unpaired) electrons. The highest BCUT2D eigenvalue weighted by atomic mass is 35.5. The van der Waals surface area contributed by atoms with Crippen LogP contribution in [-0.2, 0) is 0 Å². The topological polar surface area (TPSA) is 85.1 Å². The van der Waals surface area contributed by atoms with E-state index in [-0.39, 0.29) is 10.7 Å². The molecule has 1 aromatic carbocycles. The molecule has 1 aromatic heterocycles. The molecule has 0 aliphatic heterocycles. The Morgan fingerprint density at radius 1 is 1.25 bits per heavy atom. The largest absolute Gasteiger partial charge is 0.366 e. The average Bonchev–Trinajstić information content (AvgIpc) is 2.38. The van der Waals surface area contributed by atoms with Crippen molar-refractivity contribution in [3.63, 3.8) is 0 Å². The number of halogens is 1. The number of nitrogens with one attached hydrogen (secondary N) is 1. The number of hydrogen-bond acceptors (Lipinski definition) is 3. The van der Waals surface area contributed by atoms with Gasteiger partial charge in [-0.25, -0.2) is 4.98 Å². The molecule has 2 aromatic rings. The van der Waals surface area contributed by atoms with Crippen LogP contribution < -0.4 is 11.1 Å². The molecule has 0 bridgehead atoms. The van der Waals surface area contributed by atoms with Gasteiger partial charge < -0.3 is 11.1 Å². The van der Waals surface area contributed by atoms with Crippen LogP contribution in [0.4, 0.5) is 5.69 Å². The number of pyridine rings is 1. The van der Waals surface area contributed by atoms with Gasteiger partial charge in [-0.1, -0.05) is 17.7 Å². The molecule has 102 valence electrons. The lowest BCUT2D eigenvalue weighted by atomic mass is 10.2. The number of aryl methyl sites for hydroxylation is 1. The maximum absolute atomic E-state index is 12.1. The van der Waals surface area contributed by atoms with Crippen molar-refractivity contribution in [1.29, 1.82) is 0 Å². The van der Waals surface area contributed by atoms with Crippen LogP contribution in [0.1, 0.15) is 26.4 Å². The van der Waals surface area contributed by atoms with Gasteiger partial charge in [0.2, 0.25) is 5.91 Å². The maximum atomic E-state index is 12.1. The quantitative estimate of drug-likeness (QED) is 0.851. The van der Waals surface area contributed by atoms with Gasteiger partial charge >= 0.3 is 0 Å². The van der Waals surface area contributed by atoms with E-state index in [9.17, 15) is 9.59 Å². The lowest BCUT2D eigenvalue weighted by molar-refractivity contribution is 0.0996. The summed E-state index contributed by atoms with van der Waals surface area (Å²) in [5.41, 5.74) is 6.95. The molecular formula is C14H12ClN3O2. The van der Waals surface area contributed by atoms with Crippen LogP contribution in [-0.4, -0.2) is 16.8 Å². The van der Waals surface area contributed by atoms with E-state index in [1.807, 2.05) is 0 Å². The minimum absolute atomic E-state index is 0.133. The van der Waals surface area contributed by atoms with Crippen molar-refractivity contribution in [2.24, 2.45) is 5.73 Å². The molecule has 0 saturated heterocycles. The van der Waals surface area contributed by atoms with E-state index in [4.69, 9.17) is 17.3 Å². The summed E-state index contributed by atoms with van der Waals surface area (Å²) < 4.78 is 0. The van der Waals surface area contributed by atoms with E-state index in [1.54, 1.807) is 37.3 Å². The third kappa shape index (κ3) is 3.13. The molecule has 2 rings (SSSR count). The van der Waals surface area contributed by atoms with Crippen molar-refractivity contribution in [1.82, 2.24) is 4.98 Å². The summed E-state index contributed by atoms with van der Waals surface area (Å²) in [5.74, 6) is -0.958. The molecule has 1 heterocycles. The molecule has 0 unspecified atom stereocenters. The normalized spacial score (nSPS) is 10.1. The van der Waals surface area contributed by atoms with Crippen molar-refractivity contribution in [3.8, 4) is 0 Å². The third-order valence-electron chi connectivity index (χ3n) is 2.64. The van der Waals surface area contributed by atoms with Gasteiger partial charge in [0, 0.05) is 16.9 Å². The van der Waals surface area contributed by atoms with Gasteiger partial charge in [0.15, 0.2) is 0 Å². The number of primary amides is 1. The Labute approximate surface area is 120 Å². The van der Waals surface area contributed by atoms with E-state index < -0.39 is 11.8 Å². The van der Waals surface area contributed by atoms with Crippen LogP contribution in [0.2, 0.25) is 5.15 Å². The van der Waals surface area contributed by atoms with Crippen LogP contribution in [0.15, 0.2) is 36.4 Å². The second kappa shape index (κ2) is 5.71. The summed E-state index contributed by atoms with van der Waals surface area (Å²) >= 11 is 5.93. The summed E-state index contributed by atoms with van der Waals surface area (Å²) in [4.78, 5) is 27.2. The molecule has 6 heteroatoms. The number of nitrogens with two attached hydrogens (primary N) is 1. The maximum Gasteiger partial charge on any atom is 0.258 e. The first-order valence-corrected chi connectivity index (χ1v) is 6.19. The van der Waals surface area contributed by atoms with Crippen molar-refractivity contribution >= 4 is 29.1 Å². The van der Waals surface area contributed by atoms with Crippen LogP contribution >= 0.6 is 11.6 Å². The first-order valence-electron chi connectivity index (χ1n) is 5.82. The molecule has 0 spiro atoms. The van der Waals surface area contributed by atoms with Crippen molar-refractivity contribution in [2.75, 3.05) is 5.32 Å². The number of carbonyl (C=O) groups excluding carboxylic acids is 2. The van der Waals surface area contributed by atoms with Gasteiger partial charge in [0.1, 0.15) is 5.15 Å². The number of carbonyl (C=O) groups is 2. The zero-order valence-corrected chi connectivity index (χ0v) is 11.4. The van der Waals surface area contributed by atoms with E-state index >= 15 is 0 Å². The van der Waals surface area contributed by atoms with Crippen LogP contribution in [0.25, 0.3) is 0 Å². The Hall–Kier alpha value is -2.40. The highest BCUT2D eigenvalue weighted by Gasteiger charge is 2.12. The van der Waals surface area contributed by atoms with E-state index in [2.05, 4.69) is 10.3 Å². The number of benzene rings is 1. The number of hydrogen-bond donors (Lipinski definition) is 2. The average molecular weight is 290 g/mol. The first kappa shape index (κ1) is 14.0. The molecular weight excluding hydrogens is 278 g/mol. The molecule has 0 aliphatic rings. The van der Waals surface area contributed by atoms with Gasteiger partial charge in [0.05, 0.1) is 5.56 Å². The summed E-state index contributed by atoms with van der Waals surface area (Å²) in [5, 5.41) is 2.78. The first-order chi connectivity index (χ1) is 9.47. The molecule has 2 amide bonds.